The normalized spacial score (nSPS) is 24.6. The van der Waals surface area contributed by atoms with Gasteiger partial charge in [0.15, 0.2) is 0 Å². The van der Waals surface area contributed by atoms with E-state index in [1.54, 1.807) is 6.20 Å². The molecule has 0 saturated carbocycles. The molecule has 2 amide bonds. The number of aromatic amines is 1. The van der Waals surface area contributed by atoms with Gasteiger partial charge in [0.05, 0.1) is 0 Å². The summed E-state index contributed by atoms with van der Waals surface area (Å²) in [7, 11) is 0. The van der Waals surface area contributed by atoms with Crippen LogP contribution in [0.3, 0.4) is 0 Å². The fraction of sp³-hybridized carbons (Fsp3) is 0.667. The first-order valence-electron chi connectivity index (χ1n) is 6.38. The highest BCUT2D eigenvalue weighted by Crippen LogP contribution is 2.26. The number of amides is 2. The second kappa shape index (κ2) is 4.39. The van der Waals surface area contributed by atoms with Crippen molar-refractivity contribution >= 4 is 6.03 Å². The summed E-state index contributed by atoms with van der Waals surface area (Å²) >= 11 is 0. The van der Waals surface area contributed by atoms with Crippen LogP contribution in [0.1, 0.15) is 30.9 Å². The van der Waals surface area contributed by atoms with Crippen molar-refractivity contribution in [2.45, 2.75) is 25.2 Å². The van der Waals surface area contributed by atoms with Gasteiger partial charge in [-0.05, 0) is 25.3 Å². The van der Waals surface area contributed by atoms with Crippen LogP contribution in [0.2, 0.25) is 0 Å². The van der Waals surface area contributed by atoms with E-state index in [1.807, 2.05) is 15.9 Å². The van der Waals surface area contributed by atoms with E-state index in [9.17, 15) is 4.79 Å². The van der Waals surface area contributed by atoms with Crippen LogP contribution in [0.4, 0.5) is 4.79 Å². The average molecular weight is 234 g/mol. The van der Waals surface area contributed by atoms with Gasteiger partial charge in [0.2, 0.25) is 0 Å². The molecule has 2 aliphatic heterocycles. The zero-order chi connectivity index (χ0) is 11.7. The topological polar surface area (TPSA) is 52.2 Å². The van der Waals surface area contributed by atoms with E-state index in [1.165, 1.54) is 0 Å². The third kappa shape index (κ3) is 2.01. The van der Waals surface area contributed by atoms with Crippen molar-refractivity contribution in [3.63, 3.8) is 0 Å². The van der Waals surface area contributed by atoms with Gasteiger partial charge in [-0.3, -0.25) is 5.10 Å². The Kier molecular flexibility index (Phi) is 2.74. The molecule has 1 N–H and O–H groups in total. The van der Waals surface area contributed by atoms with Crippen molar-refractivity contribution in [2.75, 3.05) is 26.2 Å². The molecular weight excluding hydrogens is 216 g/mol. The van der Waals surface area contributed by atoms with Crippen molar-refractivity contribution in [1.82, 2.24) is 20.0 Å². The summed E-state index contributed by atoms with van der Waals surface area (Å²) in [6, 6.07) is 2.24. The molecule has 2 aliphatic rings. The van der Waals surface area contributed by atoms with E-state index in [-0.39, 0.29) is 6.03 Å². The van der Waals surface area contributed by atoms with Gasteiger partial charge >= 0.3 is 6.03 Å². The monoisotopic (exact) mass is 234 g/mol. The van der Waals surface area contributed by atoms with E-state index in [0.29, 0.717) is 5.92 Å². The van der Waals surface area contributed by atoms with Gasteiger partial charge in [0, 0.05) is 44.0 Å². The number of urea groups is 1. The molecule has 1 aromatic heterocycles. The van der Waals surface area contributed by atoms with Gasteiger partial charge in [-0.1, -0.05) is 0 Å². The molecule has 0 bridgehead atoms. The van der Waals surface area contributed by atoms with Gasteiger partial charge in [-0.25, -0.2) is 4.79 Å². The van der Waals surface area contributed by atoms with Crippen LogP contribution in [0.25, 0.3) is 0 Å². The molecule has 0 radical (unpaired) electrons. The zero-order valence-corrected chi connectivity index (χ0v) is 9.93. The Labute approximate surface area is 101 Å². The van der Waals surface area contributed by atoms with Gasteiger partial charge in [0.25, 0.3) is 0 Å². The second-order valence-corrected chi connectivity index (χ2v) is 4.92. The Morgan fingerprint density at radius 1 is 1.29 bits per heavy atom. The van der Waals surface area contributed by atoms with Crippen LogP contribution >= 0.6 is 0 Å². The van der Waals surface area contributed by atoms with Crippen LogP contribution < -0.4 is 0 Å². The summed E-state index contributed by atoms with van der Waals surface area (Å²) in [4.78, 5) is 16.1. The largest absolute Gasteiger partial charge is 0.325 e. The molecule has 3 rings (SSSR count). The summed E-state index contributed by atoms with van der Waals surface area (Å²) in [5.74, 6) is 0.427. The maximum atomic E-state index is 12.1. The van der Waals surface area contributed by atoms with Crippen LogP contribution in [-0.2, 0) is 0 Å². The number of hydrogen-bond donors (Lipinski definition) is 1. The van der Waals surface area contributed by atoms with E-state index >= 15 is 0 Å². The predicted octanol–water partition coefficient (Wildman–Crippen LogP) is 1.41. The number of likely N-dealkylation sites (tertiary alicyclic amines) is 2. The first-order valence-corrected chi connectivity index (χ1v) is 6.38. The molecule has 0 aromatic carbocycles. The lowest BCUT2D eigenvalue weighted by Gasteiger charge is -2.39. The van der Waals surface area contributed by atoms with Gasteiger partial charge in [-0.15, -0.1) is 0 Å². The Bertz CT molecular complexity index is 385. The highest BCUT2D eigenvalue weighted by Gasteiger charge is 2.30. The second-order valence-electron chi connectivity index (χ2n) is 4.92. The fourth-order valence-electron chi connectivity index (χ4n) is 2.61. The zero-order valence-electron chi connectivity index (χ0n) is 9.93. The quantitative estimate of drug-likeness (QED) is 0.799. The van der Waals surface area contributed by atoms with Crippen LogP contribution in [0.5, 0.6) is 0 Å². The maximum absolute atomic E-state index is 12.1. The minimum absolute atomic E-state index is 0.223. The van der Waals surface area contributed by atoms with E-state index in [0.717, 1.165) is 51.1 Å². The highest BCUT2D eigenvalue weighted by atomic mass is 16.2. The molecule has 5 nitrogen and oxygen atoms in total. The summed E-state index contributed by atoms with van der Waals surface area (Å²) in [6.07, 6.45) is 5.17. The molecule has 1 unspecified atom stereocenters. The molecule has 1 aromatic rings. The standard InChI is InChI=1S/C12H18N4O/c17-12(15-7-2-8-15)16-6-1-3-10(9-16)11-4-5-13-14-11/h4-5,10H,1-3,6-9H2,(H,13,14). The number of carbonyl (C=O) groups excluding carboxylic acids is 1. The van der Waals surface area contributed by atoms with Crippen molar-refractivity contribution in [2.24, 2.45) is 0 Å². The van der Waals surface area contributed by atoms with Gasteiger partial charge < -0.3 is 9.80 Å². The summed E-state index contributed by atoms with van der Waals surface area (Å²) < 4.78 is 0. The number of H-pyrrole nitrogens is 1. The number of hydrogen-bond acceptors (Lipinski definition) is 2. The third-order valence-corrected chi connectivity index (χ3v) is 3.78. The fourth-order valence-corrected chi connectivity index (χ4v) is 2.61. The van der Waals surface area contributed by atoms with Gasteiger partial charge in [0.1, 0.15) is 0 Å². The van der Waals surface area contributed by atoms with Crippen molar-refractivity contribution in [3.8, 4) is 0 Å². The van der Waals surface area contributed by atoms with Crippen LogP contribution in [0, 0.1) is 0 Å². The van der Waals surface area contributed by atoms with Crippen molar-refractivity contribution < 1.29 is 4.79 Å². The Balaban J connectivity index is 1.65. The lowest BCUT2D eigenvalue weighted by Crippen LogP contribution is -2.52. The number of aromatic nitrogens is 2. The van der Waals surface area contributed by atoms with Gasteiger partial charge in [-0.2, -0.15) is 5.10 Å². The van der Waals surface area contributed by atoms with E-state index < -0.39 is 0 Å². The minimum Gasteiger partial charge on any atom is -0.325 e. The molecule has 5 heteroatoms. The molecule has 17 heavy (non-hydrogen) atoms. The number of carbonyl (C=O) groups is 1. The highest BCUT2D eigenvalue weighted by molar-refractivity contribution is 5.75. The molecule has 0 aliphatic carbocycles. The summed E-state index contributed by atoms with van der Waals surface area (Å²) in [5, 5.41) is 7.01. The van der Waals surface area contributed by atoms with Crippen molar-refractivity contribution in [3.05, 3.63) is 18.0 Å². The molecule has 92 valence electrons. The Morgan fingerprint density at radius 2 is 2.12 bits per heavy atom. The molecule has 2 saturated heterocycles. The van der Waals surface area contributed by atoms with E-state index in [2.05, 4.69) is 10.2 Å². The summed E-state index contributed by atoms with van der Waals surface area (Å²) in [5.41, 5.74) is 1.16. The SMILES string of the molecule is O=C(N1CCC1)N1CCCC(c2ccn[nH]2)C1. The van der Waals surface area contributed by atoms with Crippen LogP contribution in [0.15, 0.2) is 12.3 Å². The van der Waals surface area contributed by atoms with Crippen molar-refractivity contribution in [1.29, 1.82) is 0 Å². The molecular formula is C12H18N4O. The predicted molar refractivity (Wildman–Crippen MR) is 63.7 cm³/mol. The average Bonchev–Trinajstić information content (AvgIpc) is 2.80. The summed E-state index contributed by atoms with van der Waals surface area (Å²) in [6.45, 7) is 3.60. The Hall–Kier alpha value is -1.52. The molecule has 3 heterocycles. The molecule has 1 atom stereocenters. The maximum Gasteiger partial charge on any atom is 0.320 e. The lowest BCUT2D eigenvalue weighted by molar-refractivity contribution is 0.115. The minimum atomic E-state index is 0.223. The molecule has 0 spiro atoms. The first kappa shape index (κ1) is 10.6. The van der Waals surface area contributed by atoms with E-state index in [4.69, 9.17) is 0 Å². The third-order valence-electron chi connectivity index (χ3n) is 3.78. The first-order chi connectivity index (χ1) is 8.34. The number of nitrogens with zero attached hydrogens (tertiary/aromatic N) is 3. The molecule has 2 fully saturated rings. The van der Waals surface area contributed by atoms with Crippen LogP contribution in [-0.4, -0.2) is 52.2 Å². The Morgan fingerprint density at radius 3 is 2.76 bits per heavy atom. The number of nitrogens with one attached hydrogen (secondary N) is 1. The smallest absolute Gasteiger partial charge is 0.320 e. The number of piperidine rings is 1. The number of rotatable bonds is 1. The lowest BCUT2D eigenvalue weighted by atomic mass is 9.95.